The van der Waals surface area contributed by atoms with Crippen molar-refractivity contribution < 1.29 is 32.4 Å². The molecule has 10 nitrogen and oxygen atoms in total. The van der Waals surface area contributed by atoms with E-state index in [0.29, 0.717) is 31.2 Å². The molecule has 2 aliphatic rings. The topological polar surface area (TPSA) is 140 Å². The number of carbonyl (C=O) groups excluding carboxylic acids is 1. The van der Waals surface area contributed by atoms with E-state index in [1.807, 2.05) is 11.8 Å². The fourth-order valence-corrected chi connectivity index (χ4v) is 4.34. The Bertz CT molecular complexity index is 1290. The van der Waals surface area contributed by atoms with Crippen LogP contribution in [-0.4, -0.2) is 47.8 Å². The molecule has 13 heteroatoms. The third kappa shape index (κ3) is 4.42. The second-order valence-electron chi connectivity index (χ2n) is 8.80. The van der Waals surface area contributed by atoms with Crippen LogP contribution in [0.4, 0.5) is 19.0 Å². The van der Waals surface area contributed by atoms with Gasteiger partial charge in [0.2, 0.25) is 5.91 Å². The number of aromatic nitrogens is 4. The molecular formula is C22H25F3N6O4. The molecule has 0 radical (unpaired) electrons. The number of rotatable bonds is 3. The Kier molecular flexibility index (Phi) is 6.20. The highest BCUT2D eigenvalue weighted by atomic mass is 19.4. The van der Waals surface area contributed by atoms with Crippen LogP contribution in [0.5, 0.6) is 0 Å². The van der Waals surface area contributed by atoms with Crippen molar-refractivity contribution in [1.82, 2.24) is 24.6 Å². The molecule has 5 rings (SSSR count). The quantitative estimate of drug-likeness (QED) is 0.557. The Hall–Kier alpha value is -3.64. The highest BCUT2D eigenvalue weighted by molar-refractivity contribution is 6.02. The number of nitrogens with zero attached hydrogens (tertiary/aromatic N) is 5. The van der Waals surface area contributed by atoms with Gasteiger partial charge in [0.1, 0.15) is 29.2 Å². The Morgan fingerprint density at radius 1 is 1.26 bits per heavy atom. The van der Waals surface area contributed by atoms with Gasteiger partial charge < -0.3 is 24.8 Å². The van der Waals surface area contributed by atoms with Crippen molar-refractivity contribution in [2.24, 2.45) is 0 Å². The number of aliphatic carboxylic acids is 1. The summed E-state index contributed by atoms with van der Waals surface area (Å²) >= 11 is 0. The molecule has 35 heavy (non-hydrogen) atoms. The van der Waals surface area contributed by atoms with E-state index in [1.54, 1.807) is 0 Å². The molecule has 1 saturated carbocycles. The summed E-state index contributed by atoms with van der Waals surface area (Å²) in [5.74, 6) is -0.896. The molecule has 0 bridgehead atoms. The maximum atomic E-state index is 12.7. The average molecular weight is 494 g/mol. The van der Waals surface area contributed by atoms with Gasteiger partial charge in [-0.05, 0) is 26.7 Å². The lowest BCUT2D eigenvalue weighted by Crippen LogP contribution is -2.30. The van der Waals surface area contributed by atoms with Gasteiger partial charge in [0, 0.05) is 35.2 Å². The maximum absolute atomic E-state index is 12.7. The van der Waals surface area contributed by atoms with Crippen LogP contribution in [0, 0.1) is 0 Å². The number of carbonyl (C=O) groups is 2. The maximum Gasteiger partial charge on any atom is 0.490 e. The molecule has 1 amide bonds. The van der Waals surface area contributed by atoms with Crippen molar-refractivity contribution in [3.05, 3.63) is 23.3 Å². The van der Waals surface area contributed by atoms with Crippen LogP contribution in [0.1, 0.15) is 69.0 Å². The molecule has 3 aromatic heterocycles. The van der Waals surface area contributed by atoms with Gasteiger partial charge >= 0.3 is 12.1 Å². The normalized spacial score (nSPS) is 15.3. The Balaban J connectivity index is 0.000000364. The van der Waals surface area contributed by atoms with Gasteiger partial charge in [0.15, 0.2) is 0 Å². The lowest BCUT2D eigenvalue weighted by molar-refractivity contribution is -0.192. The zero-order valence-electron chi connectivity index (χ0n) is 19.4. The molecule has 3 N–H and O–H groups in total. The van der Waals surface area contributed by atoms with Crippen molar-refractivity contribution in [2.45, 2.75) is 71.3 Å². The zero-order chi connectivity index (χ0) is 25.7. The van der Waals surface area contributed by atoms with Crippen molar-refractivity contribution in [2.75, 3.05) is 5.73 Å². The van der Waals surface area contributed by atoms with Gasteiger partial charge in [-0.3, -0.25) is 4.79 Å². The summed E-state index contributed by atoms with van der Waals surface area (Å²) in [6.07, 6.45) is -0.923. The van der Waals surface area contributed by atoms with Crippen molar-refractivity contribution in [1.29, 1.82) is 0 Å². The predicted octanol–water partition coefficient (Wildman–Crippen LogP) is 4.01. The first-order chi connectivity index (χ1) is 16.5. The van der Waals surface area contributed by atoms with Gasteiger partial charge in [-0.1, -0.05) is 12.1 Å². The summed E-state index contributed by atoms with van der Waals surface area (Å²) in [5, 5.41) is 12.4. The van der Waals surface area contributed by atoms with Crippen LogP contribution in [0.3, 0.4) is 0 Å². The van der Waals surface area contributed by atoms with E-state index in [1.165, 1.54) is 6.33 Å². The number of fused-ring (bicyclic) bond motifs is 5. The Morgan fingerprint density at radius 2 is 1.91 bits per heavy atom. The largest absolute Gasteiger partial charge is 0.490 e. The van der Waals surface area contributed by atoms with Gasteiger partial charge in [-0.25, -0.2) is 14.8 Å². The molecule has 0 aromatic carbocycles. The lowest BCUT2D eigenvalue weighted by atomic mass is 10.0. The molecule has 0 atom stereocenters. The summed E-state index contributed by atoms with van der Waals surface area (Å²) in [6, 6.07) is 0.149. The third-order valence-electron chi connectivity index (χ3n) is 6.02. The third-order valence-corrected chi connectivity index (χ3v) is 6.02. The number of hydrogen-bond acceptors (Lipinski definition) is 7. The number of carboxylic acids is 1. The number of halogens is 3. The average Bonchev–Trinajstić information content (AvgIpc) is 3.49. The van der Waals surface area contributed by atoms with E-state index in [-0.39, 0.29) is 11.9 Å². The molecule has 4 heterocycles. The number of carboxylic acid groups (broad SMARTS) is 1. The fraction of sp³-hybridized carbons (Fsp3) is 0.500. The van der Waals surface area contributed by atoms with Crippen LogP contribution >= 0.6 is 0 Å². The molecule has 0 saturated heterocycles. The van der Waals surface area contributed by atoms with E-state index in [2.05, 4.69) is 33.5 Å². The Labute approximate surface area is 197 Å². The van der Waals surface area contributed by atoms with E-state index < -0.39 is 12.1 Å². The number of anilines is 1. The van der Waals surface area contributed by atoms with Crippen LogP contribution in [0.15, 0.2) is 10.9 Å². The molecule has 0 spiro atoms. The van der Waals surface area contributed by atoms with Crippen LogP contribution in [0.2, 0.25) is 0 Å². The summed E-state index contributed by atoms with van der Waals surface area (Å²) in [6.45, 7) is 7.12. The lowest BCUT2D eigenvalue weighted by Gasteiger charge is -2.23. The predicted molar refractivity (Wildman–Crippen MR) is 118 cm³/mol. The number of amides is 1. The highest BCUT2D eigenvalue weighted by Crippen LogP contribution is 2.48. The minimum atomic E-state index is -5.08. The van der Waals surface area contributed by atoms with Crippen LogP contribution in [-0.2, 0) is 22.7 Å². The summed E-state index contributed by atoms with van der Waals surface area (Å²) in [5.41, 5.74) is 10.8. The molecule has 1 aliphatic heterocycles. The van der Waals surface area contributed by atoms with E-state index in [9.17, 15) is 18.0 Å². The van der Waals surface area contributed by atoms with Gasteiger partial charge in [0.05, 0.1) is 18.5 Å². The smallest absolute Gasteiger partial charge is 0.475 e. The number of hydrogen-bond donors (Lipinski definition) is 2. The first-order valence-electron chi connectivity index (χ1n) is 11.2. The monoisotopic (exact) mass is 494 g/mol. The summed E-state index contributed by atoms with van der Waals surface area (Å²) in [7, 11) is 0. The minimum Gasteiger partial charge on any atom is -0.475 e. The zero-order valence-corrected chi connectivity index (χ0v) is 19.4. The second-order valence-corrected chi connectivity index (χ2v) is 8.80. The first-order valence-corrected chi connectivity index (χ1v) is 11.2. The van der Waals surface area contributed by atoms with Crippen LogP contribution < -0.4 is 5.73 Å². The first kappa shape index (κ1) is 24.5. The van der Waals surface area contributed by atoms with Gasteiger partial charge in [-0.15, -0.1) is 0 Å². The molecular weight excluding hydrogens is 469 g/mol. The van der Waals surface area contributed by atoms with E-state index in [0.717, 1.165) is 52.2 Å². The van der Waals surface area contributed by atoms with Crippen LogP contribution in [0.25, 0.3) is 22.3 Å². The SMILES string of the molecule is CCC(=O)N1Cc2c(noc2C2CC2)-c2c(n(C(C)C)c3ncnc(N)c23)C1.O=C(O)C(F)(F)F. The van der Waals surface area contributed by atoms with E-state index in [4.69, 9.17) is 20.2 Å². The summed E-state index contributed by atoms with van der Waals surface area (Å²) < 4.78 is 39.7. The molecule has 1 fully saturated rings. The molecule has 188 valence electrons. The fourth-order valence-electron chi connectivity index (χ4n) is 4.34. The second kappa shape index (κ2) is 8.86. The van der Waals surface area contributed by atoms with Crippen molar-refractivity contribution in [3.8, 4) is 11.3 Å². The number of nitrogens with two attached hydrogens (primary N) is 1. The standard InChI is InChI=1S/C20H24N6O2.C2HF3O2/c1-4-14(27)25-7-12-17(24-28-18(12)11-5-6-11)15-13(8-25)26(10(2)3)20-16(15)19(21)22-9-23-20;3-2(4,5)1(6)7/h9-11H,4-8H2,1-3H3,(H2,21,22,23);(H,6,7). The minimum absolute atomic E-state index is 0.112. The van der Waals surface area contributed by atoms with Crippen molar-refractivity contribution >= 4 is 28.7 Å². The molecule has 1 aliphatic carbocycles. The van der Waals surface area contributed by atoms with Crippen molar-refractivity contribution in [3.63, 3.8) is 0 Å². The van der Waals surface area contributed by atoms with Gasteiger partial charge in [-0.2, -0.15) is 13.2 Å². The Morgan fingerprint density at radius 3 is 2.46 bits per heavy atom. The molecule has 0 unspecified atom stereocenters. The summed E-state index contributed by atoms with van der Waals surface area (Å²) in [4.78, 5) is 32.3. The van der Waals surface area contributed by atoms with Gasteiger partial charge in [0.25, 0.3) is 0 Å². The number of nitrogen functional groups attached to an aromatic ring is 1. The molecule has 3 aromatic rings. The van der Waals surface area contributed by atoms with E-state index >= 15 is 0 Å². The highest BCUT2D eigenvalue weighted by Gasteiger charge is 2.39. The number of alkyl halides is 3.